The van der Waals surface area contributed by atoms with Crippen LogP contribution in [0.1, 0.15) is 0 Å². The van der Waals surface area contributed by atoms with Gasteiger partial charge in [0, 0.05) is 93.3 Å². The minimum Gasteiger partial charge on any atom is -0.311 e. The van der Waals surface area contributed by atoms with Crippen LogP contribution in [0.4, 0.5) is 68.2 Å². The Labute approximate surface area is 651 Å². The van der Waals surface area contributed by atoms with Gasteiger partial charge in [0.15, 0.2) is 0 Å². The molecule has 0 fully saturated rings. The van der Waals surface area contributed by atoms with Crippen molar-refractivity contribution in [3.8, 4) is 66.8 Å². The molecule has 4 nitrogen and oxygen atoms in total. The summed E-state index contributed by atoms with van der Waals surface area (Å²) in [6.07, 6.45) is 0. The zero-order valence-corrected chi connectivity index (χ0v) is 61.7. The SMILES string of the molecule is c1ccc(-c2ccc(N(c3cccc(-c4ccccc4)c3)c3cc4c5c(c3)N(c3ccccc3)c3ccccc3B5c3cc5c(cc3S4)N(c3c(-c4ccccc4)cccc3-c3ccccc3)c3cc(N(c4ccc(-c6ccccc6)cc4)c4cccc(-c6ccccc6)c4)cc4c3B5c3ccccc3S4)cc2)cc1. The van der Waals surface area contributed by atoms with E-state index in [-0.39, 0.29) is 13.4 Å². The second-order valence-electron chi connectivity index (χ2n) is 28.6. The predicted molar refractivity (Wildman–Crippen MR) is 468 cm³/mol. The molecule has 0 atom stereocenters. The summed E-state index contributed by atoms with van der Waals surface area (Å²) in [5.41, 5.74) is 34.9. The first-order valence-corrected chi connectivity index (χ1v) is 39.4. The average Bonchev–Trinajstić information content (AvgIpc) is 0.688. The van der Waals surface area contributed by atoms with Crippen molar-refractivity contribution < 1.29 is 0 Å². The third-order valence-electron chi connectivity index (χ3n) is 22.3. The average molecular weight is 1440 g/mol. The first kappa shape index (κ1) is 65.1. The standard InChI is InChI=1S/C102H68B2N4S2/c1-8-29-69(30-9-1)73-53-57-80(58-54-73)105(82-45-26-41-77(61-82)71-33-12-3-13-34-71)84-63-94-100-99(66-84)110-97-68-93-90(67-91(97)103(100)88-49-22-24-51-92(88)107(94)79-43-20-7-21-44-79)104-89-50-23-25-52-96(89)109-98-65-85(64-95(101(98)104)108(93)102-86(75-37-16-5-17-38-75)47-28-48-87(102)76-39-18-6-19-40-76)106(81-59-55-74(56-60-81)70-31-10-2-11-32-70)83-46-27-42-78(62-83)72-35-14-4-15-36-72/h1-68H. The maximum absolute atomic E-state index is 2.70. The van der Waals surface area contributed by atoms with Crippen molar-refractivity contribution in [1.82, 2.24) is 0 Å². The van der Waals surface area contributed by atoms with Crippen LogP contribution in [0.15, 0.2) is 432 Å². The van der Waals surface area contributed by atoms with Gasteiger partial charge in [0.25, 0.3) is 0 Å². The molecule has 0 aliphatic carbocycles. The van der Waals surface area contributed by atoms with Crippen molar-refractivity contribution in [2.45, 2.75) is 19.6 Å². The molecule has 0 radical (unpaired) electrons. The van der Waals surface area contributed by atoms with Crippen LogP contribution in [0, 0.1) is 0 Å². The van der Waals surface area contributed by atoms with Crippen LogP contribution in [-0.2, 0) is 0 Å². The fraction of sp³-hybridized carbons (Fsp3) is 0. The lowest BCUT2D eigenvalue weighted by atomic mass is 9.31. The number of benzene rings is 17. The van der Waals surface area contributed by atoms with Crippen molar-refractivity contribution in [3.05, 3.63) is 413 Å². The van der Waals surface area contributed by atoms with E-state index in [4.69, 9.17) is 0 Å². The van der Waals surface area contributed by atoms with Crippen molar-refractivity contribution in [3.63, 3.8) is 0 Å². The summed E-state index contributed by atoms with van der Waals surface area (Å²) >= 11 is 3.82. The summed E-state index contributed by atoms with van der Waals surface area (Å²) in [4.78, 5) is 15.1. The molecule has 0 N–H and O–H groups in total. The molecule has 0 spiro atoms. The maximum atomic E-state index is 2.70. The lowest BCUT2D eigenvalue weighted by molar-refractivity contribution is 1.22. The number of hydrogen-bond acceptors (Lipinski definition) is 6. The summed E-state index contributed by atoms with van der Waals surface area (Å²) in [5.74, 6) is 0. The highest BCUT2D eigenvalue weighted by Gasteiger charge is 2.47. The van der Waals surface area contributed by atoms with Gasteiger partial charge in [0.2, 0.25) is 13.4 Å². The van der Waals surface area contributed by atoms with Crippen molar-refractivity contribution >= 4 is 138 Å². The summed E-state index contributed by atoms with van der Waals surface area (Å²) in [6, 6.07) is 153. The van der Waals surface area contributed by atoms with Gasteiger partial charge in [-0.1, -0.05) is 344 Å². The molecule has 4 aliphatic heterocycles. The number of hydrogen-bond donors (Lipinski definition) is 0. The van der Waals surface area contributed by atoms with Gasteiger partial charge in [-0.2, -0.15) is 0 Å². The van der Waals surface area contributed by atoms with Crippen LogP contribution >= 0.6 is 23.5 Å². The number of para-hydroxylation sites is 3. The minimum atomic E-state index is -0.145. The summed E-state index contributed by atoms with van der Waals surface area (Å²) < 4.78 is 0. The molecule has 0 saturated heterocycles. The number of anilines is 12. The Morgan fingerprint density at radius 3 is 1.08 bits per heavy atom. The molecule has 17 aromatic carbocycles. The van der Waals surface area contributed by atoms with Crippen molar-refractivity contribution in [2.75, 3.05) is 19.6 Å². The smallest absolute Gasteiger partial charge is 0.249 e. The summed E-state index contributed by atoms with van der Waals surface area (Å²) in [5, 5.41) is 0. The lowest BCUT2D eigenvalue weighted by Gasteiger charge is -2.44. The molecular weight excluding hydrogens is 1370 g/mol. The lowest BCUT2D eigenvalue weighted by Crippen LogP contribution is -2.64. The van der Waals surface area contributed by atoms with E-state index >= 15 is 0 Å². The molecule has 0 amide bonds. The van der Waals surface area contributed by atoms with E-state index in [2.05, 4.69) is 432 Å². The monoisotopic (exact) mass is 1430 g/mol. The summed E-state index contributed by atoms with van der Waals surface area (Å²) in [6.45, 7) is -0.282. The molecule has 0 saturated carbocycles. The third kappa shape index (κ3) is 11.4. The largest absolute Gasteiger partial charge is 0.311 e. The first-order chi connectivity index (χ1) is 54.6. The Morgan fingerprint density at radius 1 is 0.200 bits per heavy atom. The van der Waals surface area contributed by atoms with Crippen LogP contribution in [-0.4, -0.2) is 13.4 Å². The van der Waals surface area contributed by atoms with Crippen LogP contribution in [0.5, 0.6) is 0 Å². The highest BCUT2D eigenvalue weighted by molar-refractivity contribution is 8.00. The second kappa shape index (κ2) is 27.5. The van der Waals surface area contributed by atoms with Gasteiger partial charge in [-0.25, -0.2) is 0 Å². The summed E-state index contributed by atoms with van der Waals surface area (Å²) in [7, 11) is 0. The highest BCUT2D eigenvalue weighted by Crippen LogP contribution is 2.54. The van der Waals surface area contributed by atoms with E-state index in [9.17, 15) is 0 Å². The molecule has 4 heterocycles. The predicted octanol–water partition coefficient (Wildman–Crippen LogP) is 24.2. The molecule has 4 aliphatic rings. The van der Waals surface area contributed by atoms with Crippen molar-refractivity contribution in [1.29, 1.82) is 0 Å². The molecular formula is C102H68B2N4S2. The van der Waals surface area contributed by atoms with Gasteiger partial charge in [-0.15, -0.1) is 0 Å². The zero-order chi connectivity index (χ0) is 72.6. The molecule has 0 aromatic heterocycles. The number of fused-ring (bicyclic) bond motifs is 8. The first-order valence-electron chi connectivity index (χ1n) is 37.8. The Bertz CT molecular complexity index is 6300. The Balaban J connectivity index is 0.833. The van der Waals surface area contributed by atoms with E-state index in [0.29, 0.717) is 0 Å². The van der Waals surface area contributed by atoms with E-state index in [1.807, 2.05) is 23.5 Å². The number of rotatable bonds is 14. The third-order valence-corrected chi connectivity index (χ3v) is 24.6. The fourth-order valence-electron chi connectivity index (χ4n) is 17.4. The quantitative estimate of drug-likeness (QED) is 0.0999. The van der Waals surface area contributed by atoms with E-state index in [1.165, 1.54) is 85.9 Å². The Morgan fingerprint density at radius 2 is 0.582 bits per heavy atom. The van der Waals surface area contributed by atoms with Crippen LogP contribution in [0.3, 0.4) is 0 Å². The zero-order valence-electron chi connectivity index (χ0n) is 60.0. The molecule has 514 valence electrons. The molecule has 8 heteroatoms. The molecule has 0 bridgehead atoms. The van der Waals surface area contributed by atoms with Crippen LogP contribution in [0.2, 0.25) is 0 Å². The van der Waals surface area contributed by atoms with Gasteiger partial charge in [0.05, 0.1) is 5.69 Å². The van der Waals surface area contributed by atoms with Gasteiger partial charge in [-0.05, 0) is 181 Å². The maximum Gasteiger partial charge on any atom is 0.249 e. The highest BCUT2D eigenvalue weighted by atomic mass is 32.2. The van der Waals surface area contributed by atoms with E-state index < -0.39 is 0 Å². The van der Waals surface area contributed by atoms with E-state index in [1.54, 1.807) is 0 Å². The Hall–Kier alpha value is -13.2. The molecule has 0 unspecified atom stereocenters. The van der Waals surface area contributed by atoms with E-state index in [0.717, 1.165) is 102 Å². The van der Waals surface area contributed by atoms with Gasteiger partial charge in [0.1, 0.15) is 0 Å². The van der Waals surface area contributed by atoms with Crippen LogP contribution in [0.25, 0.3) is 66.8 Å². The second-order valence-corrected chi connectivity index (χ2v) is 30.8. The topological polar surface area (TPSA) is 13.0 Å². The minimum absolute atomic E-state index is 0.137. The number of nitrogens with zero attached hydrogens (tertiary/aromatic N) is 4. The molecule has 110 heavy (non-hydrogen) atoms. The molecule has 21 rings (SSSR count). The Kier molecular flexibility index (Phi) is 16.3. The van der Waals surface area contributed by atoms with Gasteiger partial charge in [-0.3, -0.25) is 0 Å². The molecule has 17 aromatic rings. The van der Waals surface area contributed by atoms with Crippen molar-refractivity contribution in [2.24, 2.45) is 0 Å². The van der Waals surface area contributed by atoms with Gasteiger partial charge < -0.3 is 19.6 Å². The normalized spacial score (nSPS) is 12.6. The van der Waals surface area contributed by atoms with Crippen LogP contribution < -0.4 is 52.4 Å². The van der Waals surface area contributed by atoms with Gasteiger partial charge >= 0.3 is 0 Å². The fourth-order valence-corrected chi connectivity index (χ4v) is 19.8.